The highest BCUT2D eigenvalue weighted by atomic mass is 32.1. The molecule has 1 aromatic heterocycles. The topological polar surface area (TPSA) is 83.9 Å². The number of carbonyl (C=O) groups is 1. The second-order valence-corrected chi connectivity index (χ2v) is 9.37. The van der Waals surface area contributed by atoms with Gasteiger partial charge >= 0.3 is 6.09 Å². The van der Waals surface area contributed by atoms with Crippen LogP contribution in [0.1, 0.15) is 43.2 Å². The number of hydrogen-bond acceptors (Lipinski definition) is 7. The number of rotatable bonds is 4. The van der Waals surface area contributed by atoms with Gasteiger partial charge in [-0.05, 0) is 51.2 Å². The Hall–Kier alpha value is -2.16. The third kappa shape index (κ3) is 3.18. The molecule has 8 heteroatoms. The first-order valence-electron chi connectivity index (χ1n) is 10.6. The lowest BCUT2D eigenvalue weighted by Crippen LogP contribution is -2.56. The SMILES string of the molecule is COC(=O)N1c2ccc(-c3csc(C4(O)CNC4)n3)c(OC3CCC3)c2CCC1C. The van der Waals surface area contributed by atoms with Crippen molar-refractivity contribution in [2.24, 2.45) is 0 Å². The lowest BCUT2D eigenvalue weighted by atomic mass is 9.92. The molecule has 2 aromatic rings. The molecule has 2 N–H and O–H groups in total. The van der Waals surface area contributed by atoms with Gasteiger partial charge in [-0.1, -0.05) is 0 Å². The van der Waals surface area contributed by atoms with Crippen molar-refractivity contribution in [2.75, 3.05) is 25.1 Å². The van der Waals surface area contributed by atoms with E-state index in [1.54, 1.807) is 4.90 Å². The number of nitrogens with one attached hydrogen (secondary N) is 1. The number of hydrogen-bond donors (Lipinski definition) is 2. The zero-order chi connectivity index (χ0) is 20.9. The number of β-amino-alcohol motifs (C(OH)–C–C–N with tert-alkyl or cyclic N) is 1. The smallest absolute Gasteiger partial charge is 0.414 e. The average molecular weight is 430 g/mol. The molecule has 1 aromatic carbocycles. The average Bonchev–Trinajstić information content (AvgIpc) is 3.18. The number of benzene rings is 1. The number of fused-ring (bicyclic) bond motifs is 1. The van der Waals surface area contributed by atoms with Gasteiger partial charge < -0.3 is 19.9 Å². The molecule has 30 heavy (non-hydrogen) atoms. The quantitative estimate of drug-likeness (QED) is 0.775. The minimum atomic E-state index is -0.872. The summed E-state index contributed by atoms with van der Waals surface area (Å²) in [5.74, 6) is 0.827. The Balaban J connectivity index is 1.58. The maximum absolute atomic E-state index is 12.5. The fraction of sp³-hybridized carbons (Fsp3) is 0.545. The fourth-order valence-corrected chi connectivity index (χ4v) is 5.21. The molecule has 1 unspecified atom stereocenters. The van der Waals surface area contributed by atoms with Crippen LogP contribution in [0, 0.1) is 0 Å². The van der Waals surface area contributed by atoms with Crippen molar-refractivity contribution in [3.8, 4) is 17.0 Å². The van der Waals surface area contributed by atoms with Gasteiger partial charge in [-0.3, -0.25) is 4.90 Å². The number of amides is 1. The maximum Gasteiger partial charge on any atom is 0.414 e. The monoisotopic (exact) mass is 429 g/mol. The lowest BCUT2D eigenvalue weighted by Gasteiger charge is -2.37. The molecule has 1 atom stereocenters. The van der Waals surface area contributed by atoms with E-state index in [0.29, 0.717) is 13.1 Å². The highest BCUT2D eigenvalue weighted by Gasteiger charge is 2.40. The van der Waals surface area contributed by atoms with Crippen molar-refractivity contribution in [3.63, 3.8) is 0 Å². The molecular formula is C22H27N3O4S. The van der Waals surface area contributed by atoms with Gasteiger partial charge in [-0.15, -0.1) is 11.3 Å². The minimum absolute atomic E-state index is 0.0681. The molecule has 0 radical (unpaired) electrons. The Morgan fingerprint density at radius 2 is 2.13 bits per heavy atom. The minimum Gasteiger partial charge on any atom is -0.489 e. The van der Waals surface area contributed by atoms with Gasteiger partial charge in [0, 0.05) is 35.6 Å². The Morgan fingerprint density at radius 3 is 2.77 bits per heavy atom. The van der Waals surface area contributed by atoms with Crippen LogP contribution in [0.4, 0.5) is 10.5 Å². The van der Waals surface area contributed by atoms with Crippen LogP contribution in [0.5, 0.6) is 5.75 Å². The summed E-state index contributed by atoms with van der Waals surface area (Å²) in [7, 11) is 1.42. The number of thiazole rings is 1. The summed E-state index contributed by atoms with van der Waals surface area (Å²) in [4.78, 5) is 19.0. The van der Waals surface area contributed by atoms with Gasteiger partial charge in [-0.25, -0.2) is 9.78 Å². The molecule has 0 spiro atoms. The molecule has 7 nitrogen and oxygen atoms in total. The van der Waals surface area contributed by atoms with Gasteiger partial charge in [0.25, 0.3) is 0 Å². The molecule has 3 aliphatic rings. The molecule has 5 rings (SSSR count). The van der Waals surface area contributed by atoms with Crippen LogP contribution in [0.25, 0.3) is 11.3 Å². The first-order chi connectivity index (χ1) is 14.5. The third-order valence-electron chi connectivity index (χ3n) is 6.47. The predicted molar refractivity (Wildman–Crippen MR) is 115 cm³/mol. The first kappa shape index (κ1) is 19.8. The second-order valence-electron chi connectivity index (χ2n) is 8.51. The van der Waals surface area contributed by atoms with Crippen LogP contribution in [0.3, 0.4) is 0 Å². The summed E-state index contributed by atoms with van der Waals surface area (Å²) in [6.45, 7) is 3.10. The van der Waals surface area contributed by atoms with E-state index < -0.39 is 5.60 Å². The molecule has 2 fully saturated rings. The highest BCUT2D eigenvalue weighted by Crippen LogP contribution is 2.45. The first-order valence-corrected chi connectivity index (χ1v) is 11.5. The van der Waals surface area contributed by atoms with E-state index in [2.05, 4.69) is 5.32 Å². The summed E-state index contributed by atoms with van der Waals surface area (Å²) < 4.78 is 11.5. The molecule has 1 saturated heterocycles. The van der Waals surface area contributed by atoms with Crippen molar-refractivity contribution >= 4 is 23.1 Å². The summed E-state index contributed by atoms with van der Waals surface area (Å²) in [5, 5.41) is 16.5. The summed E-state index contributed by atoms with van der Waals surface area (Å²) in [6.07, 6.45) is 4.83. The van der Waals surface area contributed by atoms with Crippen LogP contribution in [-0.2, 0) is 16.8 Å². The van der Waals surface area contributed by atoms with Crippen LogP contribution >= 0.6 is 11.3 Å². The third-order valence-corrected chi connectivity index (χ3v) is 7.50. The van der Waals surface area contributed by atoms with Gasteiger partial charge in [0.15, 0.2) is 0 Å². The van der Waals surface area contributed by atoms with E-state index in [0.717, 1.165) is 58.9 Å². The largest absolute Gasteiger partial charge is 0.489 e. The number of ether oxygens (including phenoxy) is 2. The molecule has 0 bridgehead atoms. The number of aliphatic hydroxyl groups is 1. The van der Waals surface area contributed by atoms with E-state index in [1.165, 1.54) is 24.9 Å². The number of methoxy groups -OCH3 is 1. The Morgan fingerprint density at radius 1 is 1.33 bits per heavy atom. The zero-order valence-electron chi connectivity index (χ0n) is 17.3. The Kier molecular flexibility index (Phi) is 4.95. The van der Waals surface area contributed by atoms with Crippen LogP contribution < -0.4 is 15.0 Å². The predicted octanol–water partition coefficient (Wildman–Crippen LogP) is 3.44. The van der Waals surface area contributed by atoms with Crippen LogP contribution in [0.2, 0.25) is 0 Å². The molecular weight excluding hydrogens is 402 g/mol. The van der Waals surface area contributed by atoms with E-state index >= 15 is 0 Å². The zero-order valence-corrected chi connectivity index (χ0v) is 18.1. The summed E-state index contributed by atoms with van der Waals surface area (Å²) in [6, 6.07) is 4.03. The van der Waals surface area contributed by atoms with Gasteiger partial charge in [0.05, 0.1) is 24.6 Å². The van der Waals surface area contributed by atoms with Gasteiger partial charge in [-0.2, -0.15) is 0 Å². The number of aromatic nitrogens is 1. The fourth-order valence-electron chi connectivity index (χ4n) is 4.30. The molecule has 1 saturated carbocycles. The highest BCUT2D eigenvalue weighted by molar-refractivity contribution is 7.10. The van der Waals surface area contributed by atoms with Crippen molar-refractivity contribution in [1.82, 2.24) is 10.3 Å². The second kappa shape index (κ2) is 7.51. The van der Waals surface area contributed by atoms with Crippen LogP contribution in [-0.4, -0.2) is 48.5 Å². The number of carbonyl (C=O) groups excluding carboxylic acids is 1. The van der Waals surface area contributed by atoms with E-state index in [-0.39, 0.29) is 18.2 Å². The number of nitrogens with zero attached hydrogens (tertiary/aromatic N) is 2. The van der Waals surface area contributed by atoms with Crippen molar-refractivity contribution in [2.45, 2.75) is 56.8 Å². The Labute approximate surface area is 180 Å². The van der Waals surface area contributed by atoms with E-state index in [9.17, 15) is 9.90 Å². The molecule has 2 aliphatic heterocycles. The molecule has 1 aliphatic carbocycles. The number of anilines is 1. The molecule has 1 amide bonds. The normalized spacial score (nSPS) is 22.6. The summed E-state index contributed by atoms with van der Waals surface area (Å²) >= 11 is 1.48. The maximum atomic E-state index is 12.5. The van der Waals surface area contributed by atoms with Crippen LogP contribution in [0.15, 0.2) is 17.5 Å². The Bertz CT molecular complexity index is 967. The molecule has 3 heterocycles. The van der Waals surface area contributed by atoms with Gasteiger partial charge in [0.2, 0.25) is 0 Å². The van der Waals surface area contributed by atoms with Gasteiger partial charge in [0.1, 0.15) is 16.4 Å². The standard InChI is InChI=1S/C22H27N3O4S/c1-13-6-7-16-18(25(13)21(26)28-2)9-8-15(19(16)29-14-4-3-5-14)17-10-30-20(24-17)22(27)11-23-12-22/h8-10,13-14,23,27H,3-7,11-12H2,1-2H3. The van der Waals surface area contributed by atoms with E-state index in [1.807, 2.05) is 24.4 Å². The molecule has 160 valence electrons. The van der Waals surface area contributed by atoms with Crippen molar-refractivity contribution in [1.29, 1.82) is 0 Å². The summed E-state index contributed by atoms with van der Waals surface area (Å²) in [5.41, 5.74) is 2.77. The van der Waals surface area contributed by atoms with Crippen molar-refractivity contribution < 1.29 is 19.4 Å². The lowest BCUT2D eigenvalue weighted by molar-refractivity contribution is -0.0147. The van der Waals surface area contributed by atoms with Crippen molar-refractivity contribution in [3.05, 3.63) is 28.1 Å². The van der Waals surface area contributed by atoms with E-state index in [4.69, 9.17) is 14.5 Å².